The zero-order valence-electron chi connectivity index (χ0n) is 9.08. The Balaban J connectivity index is 2.17. The van der Waals surface area contributed by atoms with Crippen molar-refractivity contribution in [3.63, 3.8) is 0 Å². The minimum absolute atomic E-state index is 0.567. The molecule has 2 aromatic heterocycles. The summed E-state index contributed by atoms with van der Waals surface area (Å²) in [6.07, 6.45) is 3.01. The maximum absolute atomic E-state index is 10.4. The van der Waals surface area contributed by atoms with Crippen LogP contribution in [0.1, 0.15) is 16.5 Å². The van der Waals surface area contributed by atoms with Gasteiger partial charge in [-0.25, -0.2) is 0 Å². The fourth-order valence-electron chi connectivity index (χ4n) is 1.98. The van der Waals surface area contributed by atoms with E-state index in [1.54, 1.807) is 17.5 Å². The van der Waals surface area contributed by atoms with Crippen molar-refractivity contribution in [3.05, 3.63) is 64.6 Å². The Hall–Kier alpha value is -1.71. The van der Waals surface area contributed by atoms with Crippen LogP contribution in [0.5, 0.6) is 0 Å². The van der Waals surface area contributed by atoms with E-state index in [0.717, 1.165) is 21.2 Å². The lowest BCUT2D eigenvalue weighted by Gasteiger charge is -2.11. The maximum Gasteiger partial charge on any atom is 0.114 e. The van der Waals surface area contributed by atoms with Gasteiger partial charge in [0.25, 0.3) is 0 Å². The first-order valence-electron chi connectivity index (χ1n) is 5.40. The van der Waals surface area contributed by atoms with Gasteiger partial charge in [0.05, 0.1) is 0 Å². The molecule has 3 rings (SSSR count). The molecule has 0 aliphatic rings. The molecule has 0 aliphatic carbocycles. The van der Waals surface area contributed by atoms with Crippen LogP contribution in [0.4, 0.5) is 0 Å². The molecular weight excluding hydrogens is 230 g/mol. The fourth-order valence-corrected chi connectivity index (χ4v) is 2.70. The Labute approximate surface area is 103 Å². The van der Waals surface area contributed by atoms with Crippen LogP contribution in [0.25, 0.3) is 10.8 Å². The lowest BCUT2D eigenvalue weighted by Crippen LogP contribution is -1.98. The van der Waals surface area contributed by atoms with Crippen LogP contribution >= 0.6 is 11.3 Å². The second-order valence-electron chi connectivity index (χ2n) is 3.86. The van der Waals surface area contributed by atoms with Gasteiger partial charge in [-0.2, -0.15) is 0 Å². The summed E-state index contributed by atoms with van der Waals surface area (Å²) in [5.41, 5.74) is 0.915. The molecule has 1 N–H and O–H groups in total. The van der Waals surface area contributed by atoms with Gasteiger partial charge < -0.3 is 5.11 Å². The minimum atomic E-state index is -0.567. The van der Waals surface area contributed by atoms with Gasteiger partial charge in [0, 0.05) is 22.7 Å². The number of pyridine rings is 1. The molecule has 0 fully saturated rings. The third-order valence-electron chi connectivity index (χ3n) is 2.82. The molecule has 17 heavy (non-hydrogen) atoms. The molecule has 1 unspecified atom stereocenters. The number of rotatable bonds is 2. The first-order valence-corrected chi connectivity index (χ1v) is 6.28. The number of fused-ring (bicyclic) bond motifs is 1. The number of hydrogen-bond donors (Lipinski definition) is 1. The highest BCUT2D eigenvalue weighted by molar-refractivity contribution is 7.10. The maximum atomic E-state index is 10.4. The van der Waals surface area contributed by atoms with Crippen molar-refractivity contribution in [1.82, 2.24) is 4.98 Å². The molecule has 0 saturated heterocycles. The highest BCUT2D eigenvalue weighted by Gasteiger charge is 2.13. The summed E-state index contributed by atoms with van der Waals surface area (Å²) in [5.74, 6) is 0. The summed E-state index contributed by atoms with van der Waals surface area (Å²) >= 11 is 1.56. The van der Waals surface area contributed by atoms with Gasteiger partial charge in [0.1, 0.15) is 6.10 Å². The first kappa shape index (κ1) is 10.4. The van der Waals surface area contributed by atoms with Gasteiger partial charge in [0.15, 0.2) is 0 Å². The third-order valence-corrected chi connectivity index (χ3v) is 3.75. The molecule has 3 aromatic rings. The van der Waals surface area contributed by atoms with E-state index in [-0.39, 0.29) is 0 Å². The van der Waals surface area contributed by atoms with Crippen molar-refractivity contribution in [2.45, 2.75) is 6.10 Å². The normalized spacial score (nSPS) is 12.8. The van der Waals surface area contributed by atoms with E-state index in [1.807, 2.05) is 48.0 Å². The standard InChI is InChI=1S/C14H11NOS/c16-14(13-5-2-8-17-13)11-4-1-3-10-6-7-15-9-12(10)11/h1-9,14,16H. The van der Waals surface area contributed by atoms with E-state index in [9.17, 15) is 5.11 Å². The van der Waals surface area contributed by atoms with E-state index in [4.69, 9.17) is 0 Å². The summed E-state index contributed by atoms with van der Waals surface area (Å²) in [4.78, 5) is 5.09. The molecule has 1 aromatic carbocycles. The van der Waals surface area contributed by atoms with E-state index in [1.165, 1.54) is 0 Å². The van der Waals surface area contributed by atoms with Gasteiger partial charge in [-0.3, -0.25) is 4.98 Å². The number of benzene rings is 1. The Morgan fingerprint density at radius 2 is 2.06 bits per heavy atom. The van der Waals surface area contributed by atoms with Gasteiger partial charge in [-0.1, -0.05) is 24.3 Å². The molecule has 84 valence electrons. The topological polar surface area (TPSA) is 33.1 Å². The third kappa shape index (κ3) is 1.84. The van der Waals surface area contributed by atoms with Gasteiger partial charge >= 0.3 is 0 Å². The van der Waals surface area contributed by atoms with Crippen molar-refractivity contribution in [1.29, 1.82) is 0 Å². The zero-order valence-corrected chi connectivity index (χ0v) is 9.89. The van der Waals surface area contributed by atoms with E-state index in [2.05, 4.69) is 4.98 Å². The van der Waals surface area contributed by atoms with Crippen molar-refractivity contribution in [3.8, 4) is 0 Å². The second kappa shape index (κ2) is 4.28. The first-order chi connectivity index (χ1) is 8.36. The number of nitrogens with zero attached hydrogens (tertiary/aromatic N) is 1. The highest BCUT2D eigenvalue weighted by Crippen LogP contribution is 2.30. The minimum Gasteiger partial charge on any atom is -0.383 e. The van der Waals surface area contributed by atoms with Crippen LogP contribution in [-0.4, -0.2) is 10.1 Å². The van der Waals surface area contributed by atoms with E-state index >= 15 is 0 Å². The molecule has 2 nitrogen and oxygen atoms in total. The second-order valence-corrected chi connectivity index (χ2v) is 4.84. The Bertz CT molecular complexity index is 628. The van der Waals surface area contributed by atoms with Crippen LogP contribution in [0, 0.1) is 0 Å². The molecule has 0 radical (unpaired) electrons. The number of aliphatic hydroxyl groups excluding tert-OH is 1. The molecule has 1 atom stereocenters. The monoisotopic (exact) mass is 241 g/mol. The smallest absolute Gasteiger partial charge is 0.114 e. The Morgan fingerprint density at radius 1 is 1.12 bits per heavy atom. The van der Waals surface area contributed by atoms with Crippen molar-refractivity contribution < 1.29 is 5.11 Å². The number of thiophene rings is 1. The average Bonchev–Trinajstić information content (AvgIpc) is 2.91. The van der Waals surface area contributed by atoms with E-state index in [0.29, 0.717) is 0 Å². The van der Waals surface area contributed by atoms with Crippen molar-refractivity contribution in [2.24, 2.45) is 0 Å². The molecule has 0 saturated carbocycles. The Kier molecular flexibility index (Phi) is 2.63. The summed E-state index contributed by atoms with van der Waals surface area (Å²) in [5, 5.41) is 14.5. The van der Waals surface area contributed by atoms with Crippen molar-refractivity contribution in [2.75, 3.05) is 0 Å². The summed E-state index contributed by atoms with van der Waals surface area (Å²) in [6.45, 7) is 0. The number of aliphatic hydroxyl groups is 1. The van der Waals surface area contributed by atoms with Crippen molar-refractivity contribution >= 4 is 22.1 Å². The van der Waals surface area contributed by atoms with Gasteiger partial charge in [-0.15, -0.1) is 11.3 Å². The van der Waals surface area contributed by atoms with Gasteiger partial charge in [0.2, 0.25) is 0 Å². The largest absolute Gasteiger partial charge is 0.383 e. The lowest BCUT2D eigenvalue weighted by molar-refractivity contribution is 0.226. The molecule has 0 bridgehead atoms. The van der Waals surface area contributed by atoms with Crippen LogP contribution in [0.3, 0.4) is 0 Å². The SMILES string of the molecule is OC(c1cccs1)c1cccc2ccncc12. The Morgan fingerprint density at radius 3 is 2.88 bits per heavy atom. The van der Waals surface area contributed by atoms with Crippen LogP contribution in [0.2, 0.25) is 0 Å². The molecule has 0 spiro atoms. The molecule has 0 amide bonds. The zero-order chi connectivity index (χ0) is 11.7. The highest BCUT2D eigenvalue weighted by atomic mass is 32.1. The fraction of sp³-hybridized carbons (Fsp3) is 0.0714. The number of hydrogen-bond acceptors (Lipinski definition) is 3. The van der Waals surface area contributed by atoms with Crippen LogP contribution < -0.4 is 0 Å². The quantitative estimate of drug-likeness (QED) is 0.746. The number of aromatic nitrogens is 1. The summed E-state index contributed by atoms with van der Waals surface area (Å²) in [7, 11) is 0. The average molecular weight is 241 g/mol. The predicted molar refractivity (Wildman–Crippen MR) is 70.1 cm³/mol. The predicted octanol–water partition coefficient (Wildman–Crippen LogP) is 3.38. The van der Waals surface area contributed by atoms with Gasteiger partial charge in [-0.05, 0) is 28.5 Å². The molecule has 0 aliphatic heterocycles. The van der Waals surface area contributed by atoms with Crippen LogP contribution in [-0.2, 0) is 0 Å². The molecule has 3 heteroatoms. The van der Waals surface area contributed by atoms with E-state index < -0.39 is 6.10 Å². The molecule has 2 heterocycles. The molecular formula is C14H11NOS. The summed E-state index contributed by atoms with van der Waals surface area (Å²) < 4.78 is 0. The van der Waals surface area contributed by atoms with Crippen LogP contribution in [0.15, 0.2) is 54.2 Å². The lowest BCUT2D eigenvalue weighted by atomic mass is 10.0. The summed E-state index contributed by atoms with van der Waals surface area (Å²) in [6, 6.07) is 11.8.